The van der Waals surface area contributed by atoms with Crippen molar-refractivity contribution < 1.29 is 23.3 Å². The molecule has 6 aromatic rings. The topological polar surface area (TPSA) is 0 Å². The number of aryl methyl sites for hydroxylation is 4. The number of hydrogen-bond donors (Lipinski definition) is 0. The van der Waals surface area contributed by atoms with Gasteiger partial charge in [0, 0.05) is 0 Å². The molecule has 2 radical (unpaired) electrons. The molecule has 0 aliphatic heterocycles. The Balaban J connectivity index is 0.000000655. The van der Waals surface area contributed by atoms with E-state index in [1.165, 1.54) is 89.4 Å². The van der Waals surface area contributed by atoms with E-state index >= 15 is 0 Å². The van der Waals surface area contributed by atoms with Crippen LogP contribution in [0.4, 0.5) is 0 Å². The molecule has 0 unspecified atom stereocenters. The van der Waals surface area contributed by atoms with E-state index in [2.05, 4.69) is 144 Å². The first-order valence-corrected chi connectivity index (χ1v) is 16.4. The summed E-state index contributed by atoms with van der Waals surface area (Å²) in [4.78, 5) is 0. The van der Waals surface area contributed by atoms with Crippen LogP contribution in [-0.2, 0) is 23.3 Å². The van der Waals surface area contributed by atoms with Crippen molar-refractivity contribution in [1.29, 1.82) is 0 Å². The van der Waals surface area contributed by atoms with E-state index < -0.39 is 0 Å². The van der Waals surface area contributed by atoms with Gasteiger partial charge in [-0.05, 0) is 25.0 Å². The molecule has 0 amide bonds. The van der Waals surface area contributed by atoms with Gasteiger partial charge in [-0.25, -0.2) is 0 Å². The Labute approximate surface area is 271 Å². The zero-order chi connectivity index (χ0) is 25.7. The number of hydrogen-bond acceptors (Lipinski definition) is 0. The molecule has 0 saturated heterocycles. The summed E-state index contributed by atoms with van der Waals surface area (Å²) in [6.07, 6.45) is 0. The van der Waals surface area contributed by atoms with Crippen LogP contribution in [0.25, 0.3) is 43.8 Å². The molecule has 0 spiro atoms. The van der Waals surface area contributed by atoms with Gasteiger partial charge in [0.2, 0.25) is 0 Å². The molecule has 208 valence electrons. The van der Waals surface area contributed by atoms with E-state index in [1.54, 1.807) is 0 Å². The Kier molecular flexibility index (Phi) is 16.6. The van der Waals surface area contributed by atoms with Crippen LogP contribution < -0.4 is 0 Å². The van der Waals surface area contributed by atoms with Gasteiger partial charge in [0.15, 0.2) is 0 Å². The van der Waals surface area contributed by atoms with Crippen LogP contribution in [0.15, 0.2) is 109 Å². The van der Waals surface area contributed by atoms with Crippen LogP contribution in [0.3, 0.4) is 0 Å². The fourth-order valence-electron chi connectivity index (χ4n) is 5.06. The average Bonchev–Trinajstić information content (AvgIpc) is 3.47. The van der Waals surface area contributed by atoms with Crippen LogP contribution in [0.1, 0.15) is 22.3 Å². The minimum atomic E-state index is 0. The van der Waals surface area contributed by atoms with Crippen molar-refractivity contribution in [1.82, 2.24) is 0 Å². The summed E-state index contributed by atoms with van der Waals surface area (Å²) in [5, 5.41) is 5.42. The molecule has 6 rings (SSSR count). The van der Waals surface area contributed by atoms with E-state index in [0.29, 0.717) is 0 Å². The van der Waals surface area contributed by atoms with Crippen molar-refractivity contribution in [3.63, 3.8) is 0 Å². The zero-order valence-corrected chi connectivity index (χ0v) is 29.3. The van der Waals surface area contributed by atoms with Gasteiger partial charge in [0.25, 0.3) is 0 Å². The van der Waals surface area contributed by atoms with Crippen LogP contribution >= 0.6 is 24.8 Å². The summed E-state index contributed by atoms with van der Waals surface area (Å²) in [5.74, 6) is 0. The number of benzene rings is 4. The van der Waals surface area contributed by atoms with Crippen LogP contribution in [0.2, 0.25) is 0 Å². The van der Waals surface area contributed by atoms with Crippen molar-refractivity contribution in [2.24, 2.45) is 0 Å². The summed E-state index contributed by atoms with van der Waals surface area (Å²) in [6, 6.07) is 39.2. The second-order valence-corrected chi connectivity index (χ2v) is 9.32. The van der Waals surface area contributed by atoms with Gasteiger partial charge >= 0.3 is 30.2 Å². The summed E-state index contributed by atoms with van der Waals surface area (Å²) in [6.45, 7) is 11.7. The van der Waals surface area contributed by atoms with Gasteiger partial charge < -0.3 is 14.9 Å². The third-order valence-corrected chi connectivity index (χ3v) is 6.61. The van der Waals surface area contributed by atoms with Crippen molar-refractivity contribution >= 4 is 53.2 Å². The molecule has 0 aliphatic rings. The summed E-state index contributed by atoms with van der Waals surface area (Å²) < 4.78 is 0. The fourth-order valence-corrected chi connectivity index (χ4v) is 5.06. The molecule has 0 aromatic heterocycles. The quantitative estimate of drug-likeness (QED) is 0.128. The van der Waals surface area contributed by atoms with Crippen molar-refractivity contribution in [3.05, 3.63) is 146 Å². The summed E-state index contributed by atoms with van der Waals surface area (Å²) in [5.41, 5.74) is 10.7. The molecule has 0 aliphatic carbocycles. The number of fused-ring (bicyclic) bond motifs is 2. The molecule has 0 atom stereocenters. The average molecular weight is 661 g/mol. The molecule has 4 heteroatoms. The van der Waals surface area contributed by atoms with Gasteiger partial charge in [-0.3, -0.25) is 0 Å². The van der Waals surface area contributed by atoms with E-state index in [9.17, 15) is 0 Å². The molecule has 0 saturated carbocycles. The second-order valence-electron chi connectivity index (χ2n) is 9.32. The van der Waals surface area contributed by atoms with Crippen molar-refractivity contribution in [2.45, 2.75) is 27.7 Å². The maximum absolute atomic E-state index is 3.06. The predicted octanol–water partition coefficient (Wildman–Crippen LogP) is 11.0. The number of halogens is 2. The SMILES string of the molecule is Cc1cc2c(-c3ccccc3)c(C)ccc2[cH-]1.Cc1cc2c(-c3ccccc3)c(C)ccc2[cH-]1.Cl.Cl.[CH3-].[CH3-].[Si]=[Zr]. The molecule has 0 nitrogen and oxygen atoms in total. The Hall–Kier alpha value is -2.22. The summed E-state index contributed by atoms with van der Waals surface area (Å²) in [7, 11) is 0. The molecular weight excluding hydrogens is 623 g/mol. The van der Waals surface area contributed by atoms with Gasteiger partial charge in [0.1, 0.15) is 0 Å². The maximum atomic E-state index is 3.06. The first-order chi connectivity index (χ1) is 17.5. The Morgan fingerprint density at radius 3 is 1.15 bits per heavy atom. The van der Waals surface area contributed by atoms with Gasteiger partial charge in [0.05, 0.1) is 0 Å². The minimum absolute atomic E-state index is 0. The predicted molar refractivity (Wildman–Crippen MR) is 182 cm³/mol. The standard InChI is InChI=1S/2C17H15.2CH3.2ClH.Si.Zr/c2*1-12-10-15-9-8-13(2)17(16(15)11-12)14-6-4-3-5-7-14;;;;;;/h2*3-11H,1-2H3;2*1H3;2*1H;;/q4*-1;;;;. The summed E-state index contributed by atoms with van der Waals surface area (Å²) >= 11 is 1.36. The normalized spacial score (nSPS) is 9.38. The third-order valence-electron chi connectivity index (χ3n) is 6.61. The van der Waals surface area contributed by atoms with Crippen molar-refractivity contribution in [3.8, 4) is 22.3 Å². The molecule has 0 heterocycles. The van der Waals surface area contributed by atoms with Gasteiger partial charge in [-0.15, -0.1) is 93.9 Å². The second kappa shape index (κ2) is 17.6. The number of rotatable bonds is 2. The van der Waals surface area contributed by atoms with E-state index in [1.807, 2.05) is 0 Å². The molecule has 6 aromatic carbocycles. The Bertz CT molecular complexity index is 1480. The molecule has 0 N–H and O–H groups in total. The van der Waals surface area contributed by atoms with E-state index in [-0.39, 0.29) is 39.7 Å². The molecule has 40 heavy (non-hydrogen) atoms. The third kappa shape index (κ3) is 8.40. The molecular formula is C36H38Cl2SiZr-4. The fraction of sp³-hybridized carbons (Fsp3) is 0.111. The molecule has 0 fully saturated rings. The first kappa shape index (κ1) is 37.8. The zero-order valence-electron chi connectivity index (χ0n) is 24.2. The monoisotopic (exact) mass is 658 g/mol. The van der Waals surface area contributed by atoms with E-state index in [0.717, 1.165) is 0 Å². The Morgan fingerprint density at radius 2 is 0.825 bits per heavy atom. The van der Waals surface area contributed by atoms with E-state index in [4.69, 9.17) is 0 Å². The van der Waals surface area contributed by atoms with Crippen LogP contribution in [-0.4, -0.2) is 6.88 Å². The van der Waals surface area contributed by atoms with Gasteiger partial charge in [-0.2, -0.15) is 12.1 Å². The van der Waals surface area contributed by atoms with Gasteiger partial charge in [-0.1, -0.05) is 96.8 Å². The van der Waals surface area contributed by atoms with Crippen molar-refractivity contribution in [2.75, 3.05) is 0 Å². The van der Waals surface area contributed by atoms with Crippen LogP contribution in [0, 0.1) is 42.5 Å². The Morgan fingerprint density at radius 1 is 0.500 bits per heavy atom. The first-order valence-electron chi connectivity index (χ1n) is 12.2. The molecule has 0 bridgehead atoms. The van der Waals surface area contributed by atoms with Crippen LogP contribution in [0.5, 0.6) is 0 Å².